The van der Waals surface area contributed by atoms with E-state index in [1.165, 1.54) is 4.90 Å². The maximum atomic E-state index is 12.7. The molecule has 1 atom stereocenters. The number of carbonyl (C=O) groups is 1. The third kappa shape index (κ3) is 3.72. The van der Waals surface area contributed by atoms with Gasteiger partial charge in [0.05, 0.1) is 0 Å². The summed E-state index contributed by atoms with van der Waals surface area (Å²) in [6.45, 7) is 0.398. The quantitative estimate of drug-likeness (QED) is 0.565. The van der Waals surface area contributed by atoms with Crippen LogP contribution in [0.3, 0.4) is 0 Å². The van der Waals surface area contributed by atoms with Crippen LogP contribution in [-0.4, -0.2) is 40.4 Å². The average Bonchev–Trinajstić information content (AvgIpc) is 2.41. The van der Waals surface area contributed by atoms with E-state index < -0.39 is 11.9 Å². The lowest BCUT2D eigenvalue weighted by molar-refractivity contribution is -0.141. The molecule has 1 aromatic rings. The van der Waals surface area contributed by atoms with E-state index in [1.807, 2.05) is 5.43 Å². The van der Waals surface area contributed by atoms with E-state index in [1.54, 1.807) is 7.05 Å². The monoisotopic (exact) mass is 304 g/mol. The van der Waals surface area contributed by atoms with Crippen LogP contribution in [-0.2, 0) is 11.0 Å². The summed E-state index contributed by atoms with van der Waals surface area (Å²) in [5.74, 6) is 4.78. The Labute approximate surface area is 118 Å². The van der Waals surface area contributed by atoms with Crippen LogP contribution in [0.15, 0.2) is 6.07 Å². The first-order chi connectivity index (χ1) is 9.79. The number of amides is 1. The van der Waals surface area contributed by atoms with Crippen molar-refractivity contribution in [3.05, 3.63) is 11.8 Å². The highest BCUT2D eigenvalue weighted by atomic mass is 19.4. The summed E-state index contributed by atoms with van der Waals surface area (Å²) in [7, 11) is 1.64. The van der Waals surface area contributed by atoms with Crippen molar-refractivity contribution in [3.8, 4) is 0 Å². The molecule has 7 nitrogen and oxygen atoms in total. The fourth-order valence-electron chi connectivity index (χ4n) is 2.07. The molecule has 1 aliphatic heterocycles. The molecule has 1 amide bonds. The molecular weight excluding hydrogens is 289 g/mol. The lowest BCUT2D eigenvalue weighted by Gasteiger charge is -2.30. The van der Waals surface area contributed by atoms with Crippen LogP contribution in [0.4, 0.5) is 24.9 Å². The van der Waals surface area contributed by atoms with E-state index >= 15 is 0 Å². The molecule has 0 aliphatic carbocycles. The Morgan fingerprint density at radius 2 is 2.14 bits per heavy atom. The molecule has 0 saturated carbocycles. The Morgan fingerprint density at radius 1 is 1.43 bits per heavy atom. The largest absolute Gasteiger partial charge is 0.433 e. The lowest BCUT2D eigenvalue weighted by atomic mass is 10.1. The van der Waals surface area contributed by atoms with Crippen LogP contribution < -0.4 is 16.6 Å². The maximum Gasteiger partial charge on any atom is 0.433 e. The Hall–Kier alpha value is -2.10. The van der Waals surface area contributed by atoms with Crippen LogP contribution in [0.25, 0.3) is 0 Å². The van der Waals surface area contributed by atoms with Crippen molar-refractivity contribution in [3.63, 3.8) is 0 Å². The number of nitrogens with two attached hydrogens (primary N) is 1. The van der Waals surface area contributed by atoms with Gasteiger partial charge in [-0.2, -0.15) is 18.2 Å². The summed E-state index contributed by atoms with van der Waals surface area (Å²) in [6, 6.07) is 0.645. The van der Waals surface area contributed by atoms with Crippen LogP contribution >= 0.6 is 0 Å². The number of hydrogen-bond acceptors (Lipinski definition) is 6. The summed E-state index contributed by atoms with van der Waals surface area (Å²) < 4.78 is 38.2. The van der Waals surface area contributed by atoms with Gasteiger partial charge < -0.3 is 10.2 Å². The molecule has 1 aromatic heterocycles. The van der Waals surface area contributed by atoms with Gasteiger partial charge in [0, 0.05) is 32.1 Å². The number of hydrazine groups is 1. The number of nitrogens with one attached hydrogen (secondary N) is 2. The second kappa shape index (κ2) is 5.72. The predicted molar refractivity (Wildman–Crippen MR) is 69.1 cm³/mol. The summed E-state index contributed by atoms with van der Waals surface area (Å²) in [5, 5.41) is 2.88. The van der Waals surface area contributed by atoms with Crippen molar-refractivity contribution in [1.29, 1.82) is 0 Å². The first-order valence-corrected chi connectivity index (χ1v) is 6.23. The molecule has 1 aliphatic rings. The minimum absolute atomic E-state index is 0.0102. The van der Waals surface area contributed by atoms with Gasteiger partial charge in [0.1, 0.15) is 5.82 Å². The first kappa shape index (κ1) is 15.3. The fourth-order valence-corrected chi connectivity index (χ4v) is 2.07. The molecule has 0 spiro atoms. The highest BCUT2D eigenvalue weighted by Gasteiger charge is 2.34. The van der Waals surface area contributed by atoms with Gasteiger partial charge in [-0.3, -0.25) is 10.2 Å². The van der Waals surface area contributed by atoms with Gasteiger partial charge in [-0.1, -0.05) is 0 Å². The van der Waals surface area contributed by atoms with E-state index in [9.17, 15) is 18.0 Å². The fraction of sp³-hybridized carbons (Fsp3) is 0.545. The zero-order valence-electron chi connectivity index (χ0n) is 11.2. The number of likely N-dealkylation sites (N-methyl/N-ethyl adjacent to an activating group) is 1. The highest BCUT2D eigenvalue weighted by molar-refractivity contribution is 5.77. The van der Waals surface area contributed by atoms with E-state index in [0.29, 0.717) is 19.4 Å². The third-order valence-electron chi connectivity index (χ3n) is 3.12. The van der Waals surface area contributed by atoms with Gasteiger partial charge in [0.15, 0.2) is 5.69 Å². The number of alkyl halides is 3. The summed E-state index contributed by atoms with van der Waals surface area (Å²) in [4.78, 5) is 20.0. The number of carbonyl (C=O) groups excluding carboxylic acids is 1. The molecule has 1 unspecified atom stereocenters. The van der Waals surface area contributed by atoms with Crippen molar-refractivity contribution in [2.24, 2.45) is 5.84 Å². The van der Waals surface area contributed by atoms with Crippen molar-refractivity contribution in [1.82, 2.24) is 14.9 Å². The minimum atomic E-state index is -4.59. The van der Waals surface area contributed by atoms with Crippen LogP contribution in [0, 0.1) is 0 Å². The van der Waals surface area contributed by atoms with Crippen molar-refractivity contribution in [2.45, 2.75) is 25.1 Å². The summed E-state index contributed by atoms with van der Waals surface area (Å²) >= 11 is 0. The summed E-state index contributed by atoms with van der Waals surface area (Å²) in [5.41, 5.74) is 0.917. The van der Waals surface area contributed by atoms with Crippen LogP contribution in [0.1, 0.15) is 18.5 Å². The van der Waals surface area contributed by atoms with Gasteiger partial charge in [-0.25, -0.2) is 10.8 Å². The second-order valence-corrected chi connectivity index (χ2v) is 4.76. The Balaban J connectivity index is 2.18. The molecule has 1 saturated heterocycles. The number of aromatic nitrogens is 2. The molecule has 0 bridgehead atoms. The maximum absolute atomic E-state index is 12.7. The van der Waals surface area contributed by atoms with Gasteiger partial charge in [0.2, 0.25) is 11.9 Å². The van der Waals surface area contributed by atoms with Gasteiger partial charge in [0.25, 0.3) is 0 Å². The lowest BCUT2D eigenvalue weighted by Crippen LogP contribution is -2.43. The summed E-state index contributed by atoms with van der Waals surface area (Å²) in [6.07, 6.45) is -3.72. The van der Waals surface area contributed by atoms with Gasteiger partial charge >= 0.3 is 6.18 Å². The standard InChI is InChI=1S/C11H15F3N6O/c1-20-5-6(2-3-9(20)21)16-8-4-7(11(12,13)14)17-10(18-8)19-15/h4,6H,2-3,5,15H2,1H3,(H2,16,17,18,19). The zero-order chi connectivity index (χ0) is 15.6. The normalized spacial score (nSPS) is 19.6. The number of piperidine rings is 1. The minimum Gasteiger partial charge on any atom is -0.365 e. The number of nitrogen functional groups attached to an aromatic ring is 1. The molecule has 116 valence electrons. The molecule has 21 heavy (non-hydrogen) atoms. The Morgan fingerprint density at radius 3 is 2.71 bits per heavy atom. The van der Waals surface area contributed by atoms with Gasteiger partial charge in [-0.05, 0) is 6.42 Å². The van der Waals surface area contributed by atoms with Crippen LogP contribution in [0.2, 0.25) is 0 Å². The molecule has 1 fully saturated rings. The SMILES string of the molecule is CN1CC(Nc2cc(C(F)(F)F)nc(NN)n2)CCC1=O. The topological polar surface area (TPSA) is 96.2 Å². The molecule has 4 N–H and O–H groups in total. The molecule has 2 heterocycles. The number of halogens is 3. The highest BCUT2D eigenvalue weighted by Crippen LogP contribution is 2.30. The average molecular weight is 304 g/mol. The second-order valence-electron chi connectivity index (χ2n) is 4.76. The first-order valence-electron chi connectivity index (χ1n) is 6.23. The molecule has 10 heteroatoms. The smallest absolute Gasteiger partial charge is 0.365 e. The third-order valence-corrected chi connectivity index (χ3v) is 3.12. The number of anilines is 2. The van der Waals surface area contributed by atoms with Gasteiger partial charge in [-0.15, -0.1) is 0 Å². The van der Waals surface area contributed by atoms with Crippen molar-refractivity contribution < 1.29 is 18.0 Å². The number of hydrogen-bond donors (Lipinski definition) is 3. The molecule has 0 aromatic carbocycles. The number of likely N-dealkylation sites (tertiary alicyclic amines) is 1. The predicted octanol–water partition coefficient (Wildman–Crippen LogP) is 0.814. The van der Waals surface area contributed by atoms with E-state index in [0.717, 1.165) is 6.07 Å². The van der Waals surface area contributed by atoms with Crippen LogP contribution in [0.5, 0.6) is 0 Å². The van der Waals surface area contributed by atoms with E-state index in [-0.39, 0.29) is 23.7 Å². The zero-order valence-corrected chi connectivity index (χ0v) is 11.2. The Bertz CT molecular complexity index is 535. The van der Waals surface area contributed by atoms with E-state index in [4.69, 9.17) is 5.84 Å². The number of rotatable bonds is 3. The molecular formula is C11H15F3N6O. The number of nitrogens with zero attached hydrogens (tertiary/aromatic N) is 3. The van der Waals surface area contributed by atoms with Crippen molar-refractivity contribution >= 4 is 17.7 Å². The van der Waals surface area contributed by atoms with E-state index in [2.05, 4.69) is 15.3 Å². The van der Waals surface area contributed by atoms with Crippen molar-refractivity contribution in [2.75, 3.05) is 24.3 Å². The molecule has 0 radical (unpaired) electrons. The molecule has 2 rings (SSSR count). The Kier molecular flexibility index (Phi) is 4.16.